The van der Waals surface area contributed by atoms with Gasteiger partial charge in [0.15, 0.2) is 12.7 Å². The first-order valence-electron chi connectivity index (χ1n) is 7.40. The number of rotatable bonds is 5. The van der Waals surface area contributed by atoms with Gasteiger partial charge >= 0.3 is 5.97 Å². The number of carbonyl (C=O) groups is 2. The van der Waals surface area contributed by atoms with Gasteiger partial charge in [0.25, 0.3) is 5.91 Å². The third-order valence-electron chi connectivity index (χ3n) is 2.94. The number of hydrogen-bond donors (Lipinski definition) is 1. The Balaban J connectivity index is 2.57. The van der Waals surface area contributed by atoms with E-state index in [4.69, 9.17) is 21.1 Å². The van der Waals surface area contributed by atoms with E-state index in [1.165, 1.54) is 6.92 Å². The van der Waals surface area contributed by atoms with Crippen LogP contribution in [0.2, 0.25) is 5.02 Å². The van der Waals surface area contributed by atoms with Crippen LogP contribution in [-0.4, -0.2) is 30.1 Å². The highest BCUT2D eigenvalue weighted by Gasteiger charge is 2.22. The predicted octanol–water partition coefficient (Wildman–Crippen LogP) is 3.18. The summed E-state index contributed by atoms with van der Waals surface area (Å²) < 4.78 is 10.6. The Morgan fingerprint density at radius 1 is 1.22 bits per heavy atom. The van der Waals surface area contributed by atoms with E-state index in [2.05, 4.69) is 5.32 Å². The molecule has 0 radical (unpaired) electrons. The van der Waals surface area contributed by atoms with Gasteiger partial charge in [-0.3, -0.25) is 4.79 Å². The van der Waals surface area contributed by atoms with Crippen molar-refractivity contribution >= 4 is 23.5 Å². The van der Waals surface area contributed by atoms with Crippen molar-refractivity contribution in [1.82, 2.24) is 5.32 Å². The first-order valence-corrected chi connectivity index (χ1v) is 7.78. The molecule has 0 aromatic heterocycles. The Morgan fingerprint density at radius 2 is 1.74 bits per heavy atom. The number of carbonyl (C=O) groups excluding carboxylic acids is 2. The minimum absolute atomic E-state index is 0.267. The maximum atomic E-state index is 11.9. The molecule has 0 saturated heterocycles. The number of amides is 1. The second-order valence-electron chi connectivity index (χ2n) is 6.53. The fourth-order valence-electron chi connectivity index (χ4n) is 2.01. The summed E-state index contributed by atoms with van der Waals surface area (Å²) >= 11 is 5.95. The summed E-state index contributed by atoms with van der Waals surface area (Å²) in [4.78, 5) is 23.7. The van der Waals surface area contributed by atoms with Gasteiger partial charge in [-0.2, -0.15) is 0 Å². The molecule has 0 bridgehead atoms. The SMILES string of the molecule is Cc1cc(Cl)cc(C)c1OCC(=O)O[C@@H](C)C(=O)NC(C)(C)C. The van der Waals surface area contributed by atoms with E-state index in [-0.39, 0.29) is 18.1 Å². The summed E-state index contributed by atoms with van der Waals surface area (Å²) in [6.45, 7) is 10.5. The molecule has 1 aromatic carbocycles. The maximum Gasteiger partial charge on any atom is 0.344 e. The van der Waals surface area contributed by atoms with Crippen LogP contribution >= 0.6 is 11.6 Å². The fraction of sp³-hybridized carbons (Fsp3) is 0.529. The minimum Gasteiger partial charge on any atom is -0.481 e. The van der Waals surface area contributed by atoms with Crippen molar-refractivity contribution in [3.63, 3.8) is 0 Å². The van der Waals surface area contributed by atoms with Gasteiger partial charge in [-0.05, 0) is 64.8 Å². The van der Waals surface area contributed by atoms with Crippen LogP contribution in [-0.2, 0) is 14.3 Å². The zero-order valence-electron chi connectivity index (χ0n) is 14.5. The molecule has 0 aliphatic rings. The highest BCUT2D eigenvalue weighted by molar-refractivity contribution is 6.30. The van der Waals surface area contributed by atoms with E-state index in [0.717, 1.165) is 11.1 Å². The van der Waals surface area contributed by atoms with Gasteiger partial charge in [0, 0.05) is 10.6 Å². The molecule has 0 unspecified atom stereocenters. The number of hydrogen-bond acceptors (Lipinski definition) is 4. The van der Waals surface area contributed by atoms with Crippen LogP contribution < -0.4 is 10.1 Å². The lowest BCUT2D eigenvalue weighted by Crippen LogP contribution is -2.46. The topological polar surface area (TPSA) is 64.6 Å². The van der Waals surface area contributed by atoms with E-state index < -0.39 is 12.1 Å². The molecule has 0 aliphatic heterocycles. The summed E-state index contributed by atoms with van der Waals surface area (Å²) in [6, 6.07) is 3.52. The summed E-state index contributed by atoms with van der Waals surface area (Å²) in [5.74, 6) is -0.349. The third kappa shape index (κ3) is 6.48. The quantitative estimate of drug-likeness (QED) is 0.835. The van der Waals surface area contributed by atoms with E-state index in [1.54, 1.807) is 12.1 Å². The molecule has 1 N–H and O–H groups in total. The number of benzene rings is 1. The molecule has 6 heteroatoms. The van der Waals surface area contributed by atoms with Crippen LogP contribution in [0.5, 0.6) is 5.75 Å². The molecule has 0 spiro atoms. The van der Waals surface area contributed by atoms with Crippen LogP contribution in [0.3, 0.4) is 0 Å². The zero-order chi connectivity index (χ0) is 17.8. The Hall–Kier alpha value is -1.75. The second kappa shape index (κ2) is 7.68. The Bertz CT molecular complexity index is 570. The monoisotopic (exact) mass is 341 g/mol. The molecular formula is C17H24ClNO4. The lowest BCUT2D eigenvalue weighted by Gasteiger charge is -2.23. The van der Waals surface area contributed by atoms with E-state index in [1.807, 2.05) is 34.6 Å². The number of aryl methyl sites for hydroxylation is 2. The molecule has 0 saturated carbocycles. The average Bonchev–Trinajstić information content (AvgIpc) is 2.35. The maximum absolute atomic E-state index is 11.9. The largest absolute Gasteiger partial charge is 0.481 e. The zero-order valence-corrected chi connectivity index (χ0v) is 15.2. The molecule has 0 heterocycles. The molecule has 1 atom stereocenters. The summed E-state index contributed by atoms with van der Waals surface area (Å²) in [7, 11) is 0. The standard InChI is InChI=1S/C17H24ClNO4/c1-10-7-13(18)8-11(2)15(10)22-9-14(20)23-12(3)16(21)19-17(4,5)6/h7-8,12H,9H2,1-6H3,(H,19,21)/t12-/m0/s1. The van der Waals surface area contributed by atoms with Crippen molar-refractivity contribution in [1.29, 1.82) is 0 Å². The number of halogens is 1. The van der Waals surface area contributed by atoms with Crippen LogP contribution in [0.4, 0.5) is 0 Å². The van der Waals surface area contributed by atoms with E-state index in [0.29, 0.717) is 10.8 Å². The van der Waals surface area contributed by atoms with E-state index >= 15 is 0 Å². The Labute approximate surface area is 142 Å². The molecule has 1 rings (SSSR count). The normalized spacial score (nSPS) is 12.5. The highest BCUT2D eigenvalue weighted by Crippen LogP contribution is 2.26. The van der Waals surface area contributed by atoms with Crippen molar-refractivity contribution in [2.24, 2.45) is 0 Å². The van der Waals surface area contributed by atoms with Crippen molar-refractivity contribution < 1.29 is 19.1 Å². The smallest absolute Gasteiger partial charge is 0.344 e. The third-order valence-corrected chi connectivity index (χ3v) is 3.15. The summed E-state index contributed by atoms with van der Waals surface area (Å²) in [6.07, 6.45) is -0.877. The lowest BCUT2D eigenvalue weighted by atomic mass is 10.1. The van der Waals surface area contributed by atoms with Crippen molar-refractivity contribution in [3.05, 3.63) is 28.3 Å². The van der Waals surface area contributed by atoms with Crippen LogP contribution in [0, 0.1) is 13.8 Å². The van der Waals surface area contributed by atoms with E-state index in [9.17, 15) is 9.59 Å². The first-order chi connectivity index (χ1) is 10.5. The molecule has 128 valence electrons. The van der Waals surface area contributed by atoms with Gasteiger partial charge in [0.2, 0.25) is 0 Å². The molecule has 0 fully saturated rings. The molecule has 1 aromatic rings. The minimum atomic E-state index is -0.877. The Kier molecular flexibility index (Phi) is 6.45. The average molecular weight is 342 g/mol. The second-order valence-corrected chi connectivity index (χ2v) is 6.97. The van der Waals surface area contributed by atoms with Crippen molar-refractivity contribution in [2.45, 2.75) is 53.2 Å². The van der Waals surface area contributed by atoms with Gasteiger partial charge in [-0.25, -0.2) is 4.79 Å². The van der Waals surface area contributed by atoms with Crippen molar-refractivity contribution in [2.75, 3.05) is 6.61 Å². The lowest BCUT2D eigenvalue weighted by molar-refractivity contribution is -0.157. The molecule has 0 aliphatic carbocycles. The number of nitrogens with one attached hydrogen (secondary N) is 1. The Morgan fingerprint density at radius 3 is 2.22 bits per heavy atom. The first kappa shape index (κ1) is 19.3. The molecule has 23 heavy (non-hydrogen) atoms. The van der Waals surface area contributed by atoms with Gasteiger partial charge < -0.3 is 14.8 Å². The van der Waals surface area contributed by atoms with Crippen LogP contribution in [0.25, 0.3) is 0 Å². The number of ether oxygens (including phenoxy) is 2. The molecule has 5 nitrogen and oxygen atoms in total. The fourth-order valence-corrected chi connectivity index (χ4v) is 2.34. The molecular weight excluding hydrogens is 318 g/mol. The summed E-state index contributed by atoms with van der Waals surface area (Å²) in [5.41, 5.74) is 1.29. The van der Waals surface area contributed by atoms with Gasteiger partial charge in [-0.1, -0.05) is 11.6 Å². The van der Waals surface area contributed by atoms with Crippen LogP contribution in [0.1, 0.15) is 38.8 Å². The highest BCUT2D eigenvalue weighted by atomic mass is 35.5. The number of esters is 1. The van der Waals surface area contributed by atoms with Gasteiger partial charge in [0.1, 0.15) is 5.75 Å². The van der Waals surface area contributed by atoms with Crippen molar-refractivity contribution in [3.8, 4) is 5.75 Å². The van der Waals surface area contributed by atoms with Gasteiger partial charge in [-0.15, -0.1) is 0 Å². The summed E-state index contributed by atoms with van der Waals surface area (Å²) in [5, 5.41) is 3.36. The predicted molar refractivity (Wildman–Crippen MR) is 89.9 cm³/mol. The van der Waals surface area contributed by atoms with Gasteiger partial charge in [0.05, 0.1) is 0 Å². The van der Waals surface area contributed by atoms with Crippen LogP contribution in [0.15, 0.2) is 12.1 Å². The molecule has 1 amide bonds.